The summed E-state index contributed by atoms with van der Waals surface area (Å²) in [6, 6.07) is 13.6. The van der Waals surface area contributed by atoms with E-state index in [9.17, 15) is 4.79 Å². The summed E-state index contributed by atoms with van der Waals surface area (Å²) in [7, 11) is 3.14. The molecule has 0 aromatic heterocycles. The Morgan fingerprint density at radius 1 is 1.12 bits per heavy atom. The normalized spacial score (nSPS) is 18.5. The lowest BCUT2D eigenvalue weighted by Crippen LogP contribution is -2.44. The molecule has 0 N–H and O–H groups in total. The van der Waals surface area contributed by atoms with E-state index in [0.29, 0.717) is 0 Å². The van der Waals surface area contributed by atoms with Gasteiger partial charge in [-0.05, 0) is 31.0 Å². The summed E-state index contributed by atoms with van der Waals surface area (Å²) < 4.78 is 6.21. The van der Waals surface area contributed by atoms with Gasteiger partial charge >= 0.3 is 0 Å². The lowest BCUT2D eigenvalue weighted by atomic mass is 9.96. The number of oxime groups is 1. The Labute approximate surface area is 141 Å². The van der Waals surface area contributed by atoms with Crippen LogP contribution >= 0.6 is 0 Å². The Morgan fingerprint density at radius 2 is 1.88 bits per heavy atom. The predicted molar refractivity (Wildman–Crippen MR) is 92.0 cm³/mol. The molecule has 0 aliphatic carbocycles. The molecule has 2 aromatic carbocycles. The van der Waals surface area contributed by atoms with Crippen molar-refractivity contribution >= 4 is 11.6 Å². The van der Waals surface area contributed by atoms with Crippen LogP contribution in [0.4, 0.5) is 0 Å². The van der Waals surface area contributed by atoms with E-state index in [-0.39, 0.29) is 11.6 Å². The fourth-order valence-electron chi connectivity index (χ4n) is 2.80. The van der Waals surface area contributed by atoms with Gasteiger partial charge in [-0.1, -0.05) is 41.6 Å². The van der Waals surface area contributed by atoms with Crippen LogP contribution in [0, 0.1) is 13.8 Å². The van der Waals surface area contributed by atoms with E-state index in [1.807, 2.05) is 56.3 Å². The Bertz CT molecular complexity index is 814. The standard InChI is InChI=1S/C19H20N2O3/c1-12-9-10-13(2)16(11-12)24-19-15-8-6-5-7-14(15)17(20-23-4)18(22)21(19)3/h5-11,19H,1-4H3/b20-17+. The first-order chi connectivity index (χ1) is 11.5. The molecule has 0 saturated carbocycles. The van der Waals surface area contributed by atoms with E-state index in [1.165, 1.54) is 7.11 Å². The molecule has 24 heavy (non-hydrogen) atoms. The summed E-state index contributed by atoms with van der Waals surface area (Å²) in [5.74, 6) is 0.535. The summed E-state index contributed by atoms with van der Waals surface area (Å²) in [6.45, 7) is 4.00. The molecule has 0 saturated heterocycles. The number of ether oxygens (including phenoxy) is 1. The van der Waals surface area contributed by atoms with Crippen molar-refractivity contribution in [1.82, 2.24) is 4.90 Å². The van der Waals surface area contributed by atoms with Crippen LogP contribution in [0.1, 0.15) is 28.5 Å². The number of aryl methyl sites for hydroxylation is 2. The van der Waals surface area contributed by atoms with Crippen molar-refractivity contribution in [2.75, 3.05) is 14.2 Å². The molecule has 0 radical (unpaired) electrons. The summed E-state index contributed by atoms with van der Waals surface area (Å²) in [6.07, 6.45) is -0.509. The van der Waals surface area contributed by atoms with Crippen molar-refractivity contribution in [2.45, 2.75) is 20.1 Å². The second-order valence-electron chi connectivity index (χ2n) is 5.86. The number of nitrogens with zero attached hydrogens (tertiary/aromatic N) is 2. The third-order valence-corrected chi connectivity index (χ3v) is 4.12. The first kappa shape index (κ1) is 16.1. The van der Waals surface area contributed by atoms with E-state index >= 15 is 0 Å². The van der Waals surface area contributed by atoms with Crippen LogP contribution in [0.3, 0.4) is 0 Å². The zero-order valence-corrected chi connectivity index (χ0v) is 14.2. The fraction of sp³-hybridized carbons (Fsp3) is 0.263. The second kappa shape index (κ2) is 6.35. The van der Waals surface area contributed by atoms with E-state index in [4.69, 9.17) is 9.57 Å². The molecule has 2 aromatic rings. The number of hydrogen-bond acceptors (Lipinski definition) is 4. The maximum absolute atomic E-state index is 12.7. The van der Waals surface area contributed by atoms with Crippen LogP contribution in [0.5, 0.6) is 5.75 Å². The summed E-state index contributed by atoms with van der Waals surface area (Å²) in [5, 5.41) is 3.90. The van der Waals surface area contributed by atoms with Gasteiger partial charge in [-0.25, -0.2) is 0 Å². The van der Waals surface area contributed by atoms with Crippen LogP contribution < -0.4 is 4.74 Å². The smallest absolute Gasteiger partial charge is 0.279 e. The minimum atomic E-state index is -0.509. The zero-order valence-electron chi connectivity index (χ0n) is 14.2. The van der Waals surface area contributed by atoms with Gasteiger partial charge < -0.3 is 14.5 Å². The molecule has 1 heterocycles. The number of rotatable bonds is 3. The number of fused-ring (bicyclic) bond motifs is 1. The molecule has 5 heteroatoms. The zero-order chi connectivity index (χ0) is 17.3. The van der Waals surface area contributed by atoms with Crippen molar-refractivity contribution < 1.29 is 14.4 Å². The van der Waals surface area contributed by atoms with Crippen molar-refractivity contribution in [3.63, 3.8) is 0 Å². The summed E-state index contributed by atoms with van der Waals surface area (Å²) in [4.78, 5) is 19.1. The van der Waals surface area contributed by atoms with Crippen LogP contribution in [0.2, 0.25) is 0 Å². The van der Waals surface area contributed by atoms with Crippen LogP contribution in [0.15, 0.2) is 47.6 Å². The molecule has 5 nitrogen and oxygen atoms in total. The molecule has 3 rings (SSSR count). The van der Waals surface area contributed by atoms with Crippen molar-refractivity contribution in [3.8, 4) is 5.75 Å². The van der Waals surface area contributed by atoms with Crippen LogP contribution in [0.25, 0.3) is 0 Å². The maximum atomic E-state index is 12.7. The van der Waals surface area contributed by atoms with Crippen molar-refractivity contribution in [3.05, 3.63) is 64.7 Å². The number of benzene rings is 2. The predicted octanol–water partition coefficient (Wildman–Crippen LogP) is 3.20. The molecular weight excluding hydrogens is 304 g/mol. The first-order valence-corrected chi connectivity index (χ1v) is 7.74. The SMILES string of the molecule is CO/N=C1/C(=O)N(C)C(Oc2cc(C)ccc2C)c2ccccc21. The molecule has 0 bridgehead atoms. The molecule has 1 atom stereocenters. The van der Waals surface area contributed by atoms with Gasteiger partial charge in [0.05, 0.1) is 0 Å². The molecular formula is C19H20N2O3. The van der Waals surface area contributed by atoms with Gasteiger partial charge in [-0.15, -0.1) is 0 Å². The molecule has 1 aliphatic rings. The van der Waals surface area contributed by atoms with E-state index in [0.717, 1.165) is 28.0 Å². The Balaban J connectivity index is 2.07. The minimum absolute atomic E-state index is 0.231. The third kappa shape index (κ3) is 2.73. The van der Waals surface area contributed by atoms with Gasteiger partial charge in [0.2, 0.25) is 6.23 Å². The van der Waals surface area contributed by atoms with E-state index < -0.39 is 6.23 Å². The molecule has 0 fully saturated rings. The highest BCUT2D eigenvalue weighted by Gasteiger charge is 2.36. The largest absolute Gasteiger partial charge is 0.466 e. The quantitative estimate of drug-likeness (QED) is 0.815. The molecule has 124 valence electrons. The minimum Gasteiger partial charge on any atom is -0.466 e. The lowest BCUT2D eigenvalue weighted by molar-refractivity contribution is -0.131. The van der Waals surface area contributed by atoms with Gasteiger partial charge in [-0.2, -0.15) is 0 Å². The summed E-state index contributed by atoms with van der Waals surface area (Å²) >= 11 is 0. The monoisotopic (exact) mass is 324 g/mol. The van der Waals surface area contributed by atoms with Crippen LogP contribution in [-0.4, -0.2) is 30.7 Å². The number of carbonyl (C=O) groups excluding carboxylic acids is 1. The highest BCUT2D eigenvalue weighted by molar-refractivity contribution is 6.46. The fourth-order valence-corrected chi connectivity index (χ4v) is 2.80. The van der Waals surface area contributed by atoms with Crippen LogP contribution in [-0.2, 0) is 9.63 Å². The van der Waals surface area contributed by atoms with Gasteiger partial charge in [0, 0.05) is 18.2 Å². The second-order valence-corrected chi connectivity index (χ2v) is 5.86. The molecule has 1 unspecified atom stereocenters. The lowest BCUT2D eigenvalue weighted by Gasteiger charge is -2.34. The number of hydrogen-bond donors (Lipinski definition) is 0. The van der Waals surface area contributed by atoms with E-state index in [2.05, 4.69) is 5.16 Å². The summed E-state index contributed by atoms with van der Waals surface area (Å²) in [5.41, 5.74) is 4.04. The first-order valence-electron chi connectivity index (χ1n) is 7.74. The van der Waals surface area contributed by atoms with Gasteiger partial charge in [0.1, 0.15) is 12.9 Å². The van der Waals surface area contributed by atoms with Crippen molar-refractivity contribution in [1.29, 1.82) is 0 Å². The van der Waals surface area contributed by atoms with Gasteiger partial charge in [-0.3, -0.25) is 4.79 Å². The highest BCUT2D eigenvalue weighted by atomic mass is 16.6. The Hall–Kier alpha value is -2.82. The molecule has 0 spiro atoms. The average Bonchev–Trinajstić information content (AvgIpc) is 2.58. The maximum Gasteiger partial charge on any atom is 0.279 e. The average molecular weight is 324 g/mol. The number of carbonyl (C=O) groups is 1. The molecule has 1 amide bonds. The number of likely N-dealkylation sites (N-methyl/N-ethyl adjacent to an activating group) is 1. The van der Waals surface area contributed by atoms with E-state index in [1.54, 1.807) is 11.9 Å². The Kier molecular flexibility index (Phi) is 4.25. The van der Waals surface area contributed by atoms with Gasteiger partial charge in [0.15, 0.2) is 5.71 Å². The number of amides is 1. The molecule has 1 aliphatic heterocycles. The third-order valence-electron chi connectivity index (χ3n) is 4.12. The highest BCUT2D eigenvalue weighted by Crippen LogP contribution is 2.33. The van der Waals surface area contributed by atoms with Crippen molar-refractivity contribution in [2.24, 2.45) is 5.16 Å². The van der Waals surface area contributed by atoms with Gasteiger partial charge in [0.25, 0.3) is 5.91 Å². The topological polar surface area (TPSA) is 51.1 Å². The Morgan fingerprint density at radius 3 is 2.62 bits per heavy atom.